The number of pyridine rings is 1. The van der Waals surface area contributed by atoms with Crippen molar-refractivity contribution in [1.82, 2.24) is 15.0 Å². The zero-order chi connectivity index (χ0) is 40.3. The topological polar surface area (TPSA) is 51.8 Å². The minimum atomic E-state index is 0.660. The van der Waals surface area contributed by atoms with Crippen molar-refractivity contribution in [2.45, 2.75) is 0 Å². The lowest BCUT2D eigenvalue weighted by Gasteiger charge is -2.14. The van der Waals surface area contributed by atoms with Gasteiger partial charge in [-0.1, -0.05) is 188 Å². The summed E-state index contributed by atoms with van der Waals surface area (Å²) in [6, 6.07) is 74.3. The lowest BCUT2D eigenvalue weighted by molar-refractivity contribution is 0.672. The molecule has 0 aliphatic heterocycles. The molecule has 0 amide bonds. The van der Waals surface area contributed by atoms with Crippen molar-refractivity contribution in [3.63, 3.8) is 0 Å². The van der Waals surface area contributed by atoms with Crippen LogP contribution in [0.1, 0.15) is 0 Å². The predicted octanol–water partition coefficient (Wildman–Crippen LogP) is 15.2. The summed E-state index contributed by atoms with van der Waals surface area (Å²) in [4.78, 5) is 15.8. The van der Waals surface area contributed by atoms with Crippen LogP contribution in [-0.4, -0.2) is 15.0 Å². The molecule has 0 N–H and O–H groups in total. The van der Waals surface area contributed by atoms with Gasteiger partial charge in [0.1, 0.15) is 11.2 Å². The first-order valence-electron chi connectivity index (χ1n) is 20.6. The van der Waals surface area contributed by atoms with E-state index >= 15 is 0 Å². The Labute approximate surface area is 352 Å². The summed E-state index contributed by atoms with van der Waals surface area (Å²) in [6.45, 7) is 0. The van der Waals surface area contributed by atoms with Gasteiger partial charge in [-0.3, -0.25) is 0 Å². The van der Waals surface area contributed by atoms with Crippen molar-refractivity contribution in [3.8, 4) is 67.4 Å². The molecule has 0 aliphatic carbocycles. The highest BCUT2D eigenvalue weighted by Crippen LogP contribution is 2.45. The second-order valence-electron chi connectivity index (χ2n) is 15.5. The van der Waals surface area contributed by atoms with Gasteiger partial charge in [0.25, 0.3) is 0 Å². The quantitative estimate of drug-likeness (QED) is 0.158. The van der Waals surface area contributed by atoms with Crippen LogP contribution in [-0.2, 0) is 0 Å². The SMILES string of the molecule is c1ccc(-c2ccc(-c3cc(-c4ccccc4)nc(-c4ccc(-c5nc6cccc(-c7cc8ccccc8c8ccccc78)c6c6oc7ccccc7c56)cc4)n3)cc2)cc1. The highest BCUT2D eigenvalue weighted by atomic mass is 16.3. The van der Waals surface area contributed by atoms with Crippen molar-refractivity contribution in [2.24, 2.45) is 0 Å². The van der Waals surface area contributed by atoms with Crippen molar-refractivity contribution in [1.29, 1.82) is 0 Å². The number of hydrogen-bond donors (Lipinski definition) is 0. The molecule has 0 saturated heterocycles. The number of para-hydroxylation sites is 1. The minimum Gasteiger partial charge on any atom is -0.455 e. The summed E-state index contributed by atoms with van der Waals surface area (Å²) in [5.41, 5.74) is 13.7. The molecule has 0 bridgehead atoms. The number of nitrogens with zero attached hydrogens (tertiary/aromatic N) is 3. The molecule has 0 unspecified atom stereocenters. The number of benzene rings is 9. The Bertz CT molecular complexity index is 3610. The molecule has 0 spiro atoms. The summed E-state index contributed by atoms with van der Waals surface area (Å²) in [5, 5.41) is 7.90. The summed E-state index contributed by atoms with van der Waals surface area (Å²) in [6.07, 6.45) is 0. The normalized spacial score (nSPS) is 11.6. The molecule has 0 radical (unpaired) electrons. The Morgan fingerprint density at radius 1 is 0.328 bits per heavy atom. The van der Waals surface area contributed by atoms with E-state index in [1.54, 1.807) is 0 Å². The molecule has 4 heteroatoms. The maximum atomic E-state index is 6.87. The third-order valence-electron chi connectivity index (χ3n) is 11.9. The molecule has 0 aliphatic rings. The molecule has 3 aromatic heterocycles. The second-order valence-corrected chi connectivity index (χ2v) is 15.5. The maximum Gasteiger partial charge on any atom is 0.160 e. The molecular formula is C57H35N3O. The Balaban J connectivity index is 1.01. The van der Waals surface area contributed by atoms with Crippen molar-refractivity contribution < 1.29 is 4.42 Å². The summed E-state index contributed by atoms with van der Waals surface area (Å²) in [7, 11) is 0. The van der Waals surface area contributed by atoms with Gasteiger partial charge >= 0.3 is 0 Å². The Morgan fingerprint density at radius 2 is 0.885 bits per heavy atom. The first-order chi connectivity index (χ1) is 30.2. The van der Waals surface area contributed by atoms with Crippen LogP contribution in [0.2, 0.25) is 0 Å². The van der Waals surface area contributed by atoms with E-state index in [4.69, 9.17) is 19.4 Å². The number of rotatable bonds is 6. The highest BCUT2D eigenvalue weighted by molar-refractivity contribution is 6.24. The average molecular weight is 778 g/mol. The van der Waals surface area contributed by atoms with Crippen molar-refractivity contribution in [3.05, 3.63) is 212 Å². The van der Waals surface area contributed by atoms with Gasteiger partial charge in [0, 0.05) is 27.6 Å². The fourth-order valence-electron chi connectivity index (χ4n) is 8.94. The Morgan fingerprint density at radius 3 is 1.64 bits per heavy atom. The Hall–Kier alpha value is -8.21. The number of fused-ring (bicyclic) bond motifs is 8. The Kier molecular flexibility index (Phi) is 8.13. The molecular weight excluding hydrogens is 743 g/mol. The van der Waals surface area contributed by atoms with Gasteiger partial charge in [-0.05, 0) is 68.1 Å². The van der Waals surface area contributed by atoms with E-state index in [1.165, 1.54) is 27.1 Å². The standard InChI is InChI=1S/C57H35N3O/c1-3-14-36(15-4-1)37-26-28-39(29-27-37)51-35-50(38-16-5-2-6-17-38)59-57(60-51)41-32-30-40(31-33-41)55-54-47-22-11-12-25-52(47)61-56(54)53-46(23-13-24-49(53)58-55)48-34-42-18-7-8-19-43(42)44-20-9-10-21-45(44)48/h1-35H. The lowest BCUT2D eigenvalue weighted by atomic mass is 9.90. The first-order valence-corrected chi connectivity index (χ1v) is 20.6. The van der Waals surface area contributed by atoms with Crippen LogP contribution in [0, 0.1) is 0 Å². The van der Waals surface area contributed by atoms with Crippen LogP contribution in [0.3, 0.4) is 0 Å². The minimum absolute atomic E-state index is 0.660. The van der Waals surface area contributed by atoms with E-state index in [9.17, 15) is 0 Å². The van der Waals surface area contributed by atoms with E-state index in [1.807, 2.05) is 36.4 Å². The van der Waals surface area contributed by atoms with E-state index in [-0.39, 0.29) is 0 Å². The van der Waals surface area contributed by atoms with Gasteiger partial charge in [0.2, 0.25) is 0 Å². The number of hydrogen-bond acceptors (Lipinski definition) is 4. The van der Waals surface area contributed by atoms with Gasteiger partial charge in [-0.25, -0.2) is 15.0 Å². The molecule has 0 fully saturated rings. The van der Waals surface area contributed by atoms with Crippen LogP contribution in [0.15, 0.2) is 217 Å². The fourth-order valence-corrected chi connectivity index (χ4v) is 8.94. The first kappa shape index (κ1) is 34.8. The molecule has 4 nitrogen and oxygen atoms in total. The van der Waals surface area contributed by atoms with Gasteiger partial charge in [0.15, 0.2) is 5.82 Å². The summed E-state index contributed by atoms with van der Waals surface area (Å²) in [5.74, 6) is 0.660. The molecule has 9 aromatic carbocycles. The lowest BCUT2D eigenvalue weighted by Crippen LogP contribution is -1.96. The van der Waals surface area contributed by atoms with Gasteiger partial charge in [0.05, 0.1) is 33.4 Å². The fraction of sp³-hybridized carbons (Fsp3) is 0. The smallest absolute Gasteiger partial charge is 0.160 e. The molecule has 12 rings (SSSR count). The third-order valence-corrected chi connectivity index (χ3v) is 11.9. The predicted molar refractivity (Wildman–Crippen MR) is 252 cm³/mol. The van der Waals surface area contributed by atoms with E-state index in [0.717, 1.165) is 88.9 Å². The van der Waals surface area contributed by atoms with E-state index in [2.05, 4.69) is 176 Å². The molecule has 12 aromatic rings. The number of aromatic nitrogens is 3. The molecule has 61 heavy (non-hydrogen) atoms. The summed E-state index contributed by atoms with van der Waals surface area (Å²) >= 11 is 0. The molecule has 284 valence electrons. The van der Waals surface area contributed by atoms with Gasteiger partial charge < -0.3 is 4.42 Å². The second kappa shape index (κ2) is 14.3. The van der Waals surface area contributed by atoms with E-state index in [0.29, 0.717) is 5.82 Å². The van der Waals surface area contributed by atoms with Crippen LogP contribution < -0.4 is 0 Å². The van der Waals surface area contributed by atoms with Crippen molar-refractivity contribution in [2.75, 3.05) is 0 Å². The van der Waals surface area contributed by atoms with Crippen LogP contribution in [0.5, 0.6) is 0 Å². The van der Waals surface area contributed by atoms with E-state index < -0.39 is 0 Å². The largest absolute Gasteiger partial charge is 0.455 e. The maximum absolute atomic E-state index is 6.87. The third kappa shape index (κ3) is 5.96. The highest BCUT2D eigenvalue weighted by Gasteiger charge is 2.22. The monoisotopic (exact) mass is 777 g/mol. The van der Waals surface area contributed by atoms with Crippen molar-refractivity contribution >= 4 is 54.4 Å². The molecule has 0 saturated carbocycles. The van der Waals surface area contributed by atoms with Crippen LogP contribution in [0.4, 0.5) is 0 Å². The average Bonchev–Trinajstić information content (AvgIpc) is 3.74. The number of furan rings is 1. The summed E-state index contributed by atoms with van der Waals surface area (Å²) < 4.78 is 6.87. The van der Waals surface area contributed by atoms with Gasteiger partial charge in [-0.15, -0.1) is 0 Å². The zero-order valence-corrected chi connectivity index (χ0v) is 33.0. The van der Waals surface area contributed by atoms with Crippen LogP contribution in [0.25, 0.3) is 122 Å². The zero-order valence-electron chi connectivity index (χ0n) is 33.0. The van der Waals surface area contributed by atoms with Gasteiger partial charge in [-0.2, -0.15) is 0 Å². The van der Waals surface area contributed by atoms with Crippen LogP contribution >= 0.6 is 0 Å². The molecule has 3 heterocycles. The molecule has 0 atom stereocenters.